The third kappa shape index (κ3) is 8.45. The van der Waals surface area contributed by atoms with Gasteiger partial charge in [0.15, 0.2) is 11.5 Å². The summed E-state index contributed by atoms with van der Waals surface area (Å²) >= 11 is 0. The van der Waals surface area contributed by atoms with Gasteiger partial charge in [-0.2, -0.15) is 4.31 Å². The zero-order chi connectivity index (χ0) is 28.4. The molecular formula is C29H40N2O7S. The summed E-state index contributed by atoms with van der Waals surface area (Å²) in [5, 5.41) is 24.6. The minimum atomic E-state index is -3.93. The van der Waals surface area contributed by atoms with Gasteiger partial charge in [-0.05, 0) is 68.0 Å². The molecule has 0 saturated heterocycles. The minimum absolute atomic E-state index is 0.00240. The lowest BCUT2D eigenvalue weighted by atomic mass is 10.0. The lowest BCUT2D eigenvalue weighted by molar-refractivity contribution is 0.0751. The number of amides is 1. The fourth-order valence-electron chi connectivity index (χ4n) is 4.46. The van der Waals surface area contributed by atoms with Gasteiger partial charge in [-0.1, -0.05) is 38.5 Å². The molecule has 0 saturated carbocycles. The molecule has 1 amide bonds. The number of phenols is 1. The number of hydrogen-bond donors (Lipinski definition) is 3. The quantitative estimate of drug-likeness (QED) is 0.415. The van der Waals surface area contributed by atoms with Crippen LogP contribution in [-0.4, -0.2) is 67.8 Å². The number of nitrogens with one attached hydrogen (secondary N) is 1. The van der Waals surface area contributed by atoms with Gasteiger partial charge in [-0.25, -0.2) is 8.42 Å². The number of aliphatic hydroxyl groups excluding tert-OH is 1. The molecule has 39 heavy (non-hydrogen) atoms. The van der Waals surface area contributed by atoms with Crippen LogP contribution < -0.4 is 14.8 Å². The first-order valence-electron chi connectivity index (χ1n) is 13.4. The predicted octanol–water partition coefficient (Wildman–Crippen LogP) is 4.11. The second-order valence-electron chi connectivity index (χ2n) is 10.1. The lowest BCUT2D eigenvalue weighted by Crippen LogP contribution is -2.50. The number of allylic oxidation sites excluding steroid dienone is 1. The monoisotopic (exact) mass is 560 g/mol. The first-order chi connectivity index (χ1) is 18.6. The average Bonchev–Trinajstić information content (AvgIpc) is 2.90. The summed E-state index contributed by atoms with van der Waals surface area (Å²) in [4.78, 5) is 13.4. The summed E-state index contributed by atoms with van der Waals surface area (Å²) in [6.07, 6.45) is 6.41. The number of sulfonamides is 1. The van der Waals surface area contributed by atoms with Gasteiger partial charge in [0.25, 0.3) is 5.91 Å². The van der Waals surface area contributed by atoms with Crippen LogP contribution in [-0.2, 0) is 10.0 Å². The number of aliphatic hydroxyl groups is 1. The van der Waals surface area contributed by atoms with Crippen molar-refractivity contribution in [2.75, 3.05) is 26.8 Å². The van der Waals surface area contributed by atoms with Crippen LogP contribution in [0.25, 0.3) is 0 Å². The molecular weight excluding hydrogens is 520 g/mol. The Morgan fingerprint density at radius 1 is 1.08 bits per heavy atom. The Labute approximate surface area is 231 Å². The smallest absolute Gasteiger partial charge is 0.255 e. The zero-order valence-electron chi connectivity index (χ0n) is 22.9. The topological polar surface area (TPSA) is 125 Å². The number of nitrogens with zero attached hydrogens (tertiary/aromatic N) is 1. The Morgan fingerprint density at radius 2 is 1.79 bits per heavy atom. The van der Waals surface area contributed by atoms with Crippen LogP contribution in [0.15, 0.2) is 59.5 Å². The van der Waals surface area contributed by atoms with Crippen molar-refractivity contribution >= 4 is 15.9 Å². The minimum Gasteiger partial charge on any atom is -0.504 e. The molecule has 0 aromatic heterocycles. The third-order valence-electron chi connectivity index (χ3n) is 6.51. The van der Waals surface area contributed by atoms with Crippen molar-refractivity contribution in [2.24, 2.45) is 5.92 Å². The van der Waals surface area contributed by atoms with Gasteiger partial charge in [0.05, 0.1) is 36.3 Å². The molecule has 1 aliphatic heterocycles. The number of hydrogen-bond acceptors (Lipinski definition) is 7. The number of carbonyl (C=O) groups excluding carboxylic acids is 1. The largest absolute Gasteiger partial charge is 0.504 e. The number of methoxy groups -OCH3 is 1. The Kier molecular flexibility index (Phi) is 11.2. The molecule has 0 bridgehead atoms. The highest BCUT2D eigenvalue weighted by atomic mass is 32.2. The number of para-hydroxylation sites is 1. The summed E-state index contributed by atoms with van der Waals surface area (Å²) < 4.78 is 39.3. The van der Waals surface area contributed by atoms with Crippen molar-refractivity contribution in [3.05, 3.63) is 60.2 Å². The summed E-state index contributed by atoms with van der Waals surface area (Å²) in [7, 11) is -2.42. The van der Waals surface area contributed by atoms with Gasteiger partial charge in [0, 0.05) is 13.1 Å². The van der Waals surface area contributed by atoms with Gasteiger partial charge >= 0.3 is 0 Å². The molecule has 1 heterocycles. The van der Waals surface area contributed by atoms with E-state index in [0.29, 0.717) is 25.2 Å². The van der Waals surface area contributed by atoms with E-state index < -0.39 is 28.1 Å². The summed E-state index contributed by atoms with van der Waals surface area (Å²) in [6.45, 7) is 4.11. The zero-order valence-corrected chi connectivity index (χ0v) is 23.7. The number of fused-ring (bicyclic) bond motifs is 1. The Hall–Kier alpha value is -3.08. The molecule has 2 aromatic rings. The Bertz CT molecular complexity index is 1210. The number of carbonyl (C=O) groups is 1. The third-order valence-corrected chi connectivity index (χ3v) is 8.36. The summed E-state index contributed by atoms with van der Waals surface area (Å²) in [6, 6.07) is 9.95. The average molecular weight is 561 g/mol. The summed E-state index contributed by atoms with van der Waals surface area (Å²) in [5.41, 5.74) is 0.151. The van der Waals surface area contributed by atoms with E-state index in [9.17, 15) is 23.4 Å². The fraction of sp³-hybridized carbons (Fsp3) is 0.483. The first-order valence-corrected chi connectivity index (χ1v) is 14.8. The molecule has 0 unspecified atom stereocenters. The second kappa shape index (κ2) is 14.3. The van der Waals surface area contributed by atoms with E-state index in [1.807, 2.05) is 19.9 Å². The standard InChI is InChI=1S/C29H40N2O7S/c1-21(2)19-31(39(35,36)23-16-14-22(37-3)15-17-23)20-27(33)25-12-8-6-4-5-7-9-18-38-28-24(29(34)30-25)11-10-13-26(28)32/h5,7,10-11,13-17,21,25,27,32-33H,4,6,8-9,12,18-20H2,1-3H3,(H,30,34)/b7-5+/t25-,27+/m0/s1. The molecule has 3 rings (SSSR count). The maximum atomic E-state index is 13.6. The Morgan fingerprint density at radius 3 is 2.49 bits per heavy atom. The maximum Gasteiger partial charge on any atom is 0.255 e. The van der Waals surface area contributed by atoms with Crippen LogP contribution in [0.3, 0.4) is 0 Å². The highest BCUT2D eigenvalue weighted by Gasteiger charge is 2.31. The fourth-order valence-corrected chi connectivity index (χ4v) is 6.09. The van der Waals surface area contributed by atoms with Crippen LogP contribution in [0.5, 0.6) is 17.2 Å². The molecule has 214 valence electrons. The van der Waals surface area contributed by atoms with Crippen molar-refractivity contribution in [1.82, 2.24) is 9.62 Å². The summed E-state index contributed by atoms with van der Waals surface area (Å²) in [5.74, 6) is -0.0349. The van der Waals surface area contributed by atoms with E-state index in [0.717, 1.165) is 19.3 Å². The van der Waals surface area contributed by atoms with Crippen LogP contribution in [0.4, 0.5) is 0 Å². The predicted molar refractivity (Wildman–Crippen MR) is 150 cm³/mol. The van der Waals surface area contributed by atoms with Crippen LogP contribution >= 0.6 is 0 Å². The van der Waals surface area contributed by atoms with Crippen molar-refractivity contribution < 1.29 is 32.9 Å². The molecule has 0 spiro atoms. The van der Waals surface area contributed by atoms with Gasteiger partial charge in [0.2, 0.25) is 10.0 Å². The van der Waals surface area contributed by atoms with E-state index in [-0.39, 0.29) is 41.0 Å². The number of aromatic hydroxyl groups is 1. The SMILES string of the molecule is COc1ccc(S(=O)(=O)N(CC(C)C)C[C@@H](O)[C@@H]2CCCC/C=C/CCOc3c(O)cccc3C(=O)N2)cc1. The number of rotatable bonds is 8. The van der Waals surface area contributed by atoms with Crippen molar-refractivity contribution in [3.63, 3.8) is 0 Å². The van der Waals surface area contributed by atoms with Gasteiger partial charge in [-0.15, -0.1) is 0 Å². The number of phenolic OH excluding ortho intramolecular Hbond substituents is 1. The number of ether oxygens (including phenoxy) is 2. The molecule has 1 aliphatic rings. The normalized spacial score (nSPS) is 18.9. The van der Waals surface area contributed by atoms with E-state index in [2.05, 4.69) is 11.4 Å². The highest BCUT2D eigenvalue weighted by molar-refractivity contribution is 7.89. The molecule has 0 radical (unpaired) electrons. The maximum absolute atomic E-state index is 13.6. The first kappa shape index (κ1) is 30.5. The van der Waals surface area contributed by atoms with Crippen LogP contribution in [0, 0.1) is 5.92 Å². The molecule has 10 heteroatoms. The lowest BCUT2D eigenvalue weighted by Gasteiger charge is -2.31. The number of benzene rings is 2. The van der Waals surface area contributed by atoms with Crippen LogP contribution in [0.2, 0.25) is 0 Å². The van der Waals surface area contributed by atoms with E-state index in [4.69, 9.17) is 9.47 Å². The molecule has 0 aliphatic carbocycles. The molecule has 3 N–H and O–H groups in total. The van der Waals surface area contributed by atoms with E-state index in [1.165, 1.54) is 29.6 Å². The Balaban J connectivity index is 1.87. The molecule has 2 aromatic carbocycles. The van der Waals surface area contributed by atoms with E-state index >= 15 is 0 Å². The molecule has 2 atom stereocenters. The van der Waals surface area contributed by atoms with Gasteiger partial charge < -0.3 is 25.0 Å². The van der Waals surface area contributed by atoms with Crippen molar-refractivity contribution in [1.29, 1.82) is 0 Å². The van der Waals surface area contributed by atoms with Gasteiger partial charge in [0.1, 0.15) is 5.75 Å². The van der Waals surface area contributed by atoms with Crippen LogP contribution in [0.1, 0.15) is 56.3 Å². The molecule has 9 nitrogen and oxygen atoms in total. The molecule has 0 fully saturated rings. The van der Waals surface area contributed by atoms with Crippen molar-refractivity contribution in [3.8, 4) is 17.2 Å². The van der Waals surface area contributed by atoms with E-state index in [1.54, 1.807) is 24.3 Å². The second-order valence-corrected chi connectivity index (χ2v) is 12.0. The van der Waals surface area contributed by atoms with Gasteiger partial charge in [-0.3, -0.25) is 4.79 Å². The highest BCUT2D eigenvalue weighted by Crippen LogP contribution is 2.31. The van der Waals surface area contributed by atoms with Crippen molar-refractivity contribution in [2.45, 2.75) is 63.0 Å².